The molecular formula is C20H20ClN5OS. The molecule has 0 saturated carbocycles. The SMILES string of the molecule is C[C@@H]1COCCN1c1cc(-c2ccc(Cl)s2)c2ccnc(/C(N)=C/C=N)c2n1. The van der Waals surface area contributed by atoms with Gasteiger partial charge in [-0.1, -0.05) is 11.6 Å². The highest BCUT2D eigenvalue weighted by atomic mass is 35.5. The number of hydrogen-bond donors (Lipinski definition) is 2. The Labute approximate surface area is 172 Å². The monoisotopic (exact) mass is 413 g/mol. The van der Waals surface area contributed by atoms with Crippen molar-refractivity contribution in [2.45, 2.75) is 13.0 Å². The van der Waals surface area contributed by atoms with Crippen molar-refractivity contribution in [3.63, 3.8) is 0 Å². The second-order valence-corrected chi connectivity index (χ2v) is 8.31. The van der Waals surface area contributed by atoms with Gasteiger partial charge in [0.05, 0.1) is 29.3 Å². The minimum Gasteiger partial charge on any atom is -0.397 e. The van der Waals surface area contributed by atoms with Gasteiger partial charge in [-0.05, 0) is 37.3 Å². The lowest BCUT2D eigenvalue weighted by Crippen LogP contribution is -2.44. The molecule has 1 fully saturated rings. The van der Waals surface area contributed by atoms with Crippen LogP contribution in [-0.2, 0) is 4.74 Å². The summed E-state index contributed by atoms with van der Waals surface area (Å²) >= 11 is 7.73. The zero-order valence-electron chi connectivity index (χ0n) is 15.4. The highest BCUT2D eigenvalue weighted by Crippen LogP contribution is 2.38. The number of pyridine rings is 2. The second kappa shape index (κ2) is 7.87. The number of nitrogens with two attached hydrogens (primary N) is 1. The number of morpholine rings is 1. The highest BCUT2D eigenvalue weighted by molar-refractivity contribution is 7.19. The molecule has 28 heavy (non-hydrogen) atoms. The van der Waals surface area contributed by atoms with E-state index < -0.39 is 0 Å². The Morgan fingerprint density at radius 3 is 3.00 bits per heavy atom. The fourth-order valence-electron chi connectivity index (χ4n) is 3.40. The van der Waals surface area contributed by atoms with E-state index in [9.17, 15) is 0 Å². The smallest absolute Gasteiger partial charge is 0.130 e. The number of allylic oxidation sites excluding steroid dienone is 1. The normalized spacial score (nSPS) is 17.9. The molecule has 0 bridgehead atoms. The molecular weight excluding hydrogens is 394 g/mol. The molecule has 4 heterocycles. The van der Waals surface area contributed by atoms with Crippen LogP contribution in [0, 0.1) is 5.41 Å². The Bertz CT molecular complexity index is 1060. The van der Waals surface area contributed by atoms with E-state index in [0.717, 1.165) is 38.7 Å². The summed E-state index contributed by atoms with van der Waals surface area (Å²) in [5.74, 6) is 0.861. The van der Waals surface area contributed by atoms with E-state index in [0.29, 0.717) is 30.1 Å². The molecule has 0 aromatic carbocycles. The van der Waals surface area contributed by atoms with Crippen LogP contribution in [0.2, 0.25) is 4.34 Å². The first-order chi connectivity index (χ1) is 13.6. The Hall–Kier alpha value is -2.48. The zero-order chi connectivity index (χ0) is 19.7. The summed E-state index contributed by atoms with van der Waals surface area (Å²) in [6.07, 6.45) is 4.40. The van der Waals surface area contributed by atoms with Gasteiger partial charge < -0.3 is 20.8 Å². The van der Waals surface area contributed by atoms with Crippen LogP contribution in [0.1, 0.15) is 12.6 Å². The maximum atomic E-state index is 7.33. The first-order valence-electron chi connectivity index (χ1n) is 8.95. The highest BCUT2D eigenvalue weighted by Gasteiger charge is 2.23. The molecule has 1 aliphatic rings. The van der Waals surface area contributed by atoms with Crippen molar-refractivity contribution in [3.05, 3.63) is 46.6 Å². The van der Waals surface area contributed by atoms with Crippen molar-refractivity contribution in [2.24, 2.45) is 5.73 Å². The molecule has 3 aromatic rings. The van der Waals surface area contributed by atoms with E-state index >= 15 is 0 Å². The zero-order valence-corrected chi connectivity index (χ0v) is 16.9. The summed E-state index contributed by atoms with van der Waals surface area (Å²) in [5, 5.41) is 8.29. The summed E-state index contributed by atoms with van der Waals surface area (Å²) in [7, 11) is 0. The van der Waals surface area contributed by atoms with Gasteiger partial charge in [0.1, 0.15) is 17.0 Å². The van der Waals surface area contributed by atoms with Crippen molar-refractivity contribution in [3.8, 4) is 10.4 Å². The maximum absolute atomic E-state index is 7.33. The standard InChI is InChI=1S/C20H20ClN5OS/c1-12-11-27-9-8-26(12)18-10-14(16-2-3-17(21)28-16)13-5-7-24-20(19(13)25-18)15(23)4-6-22/h2-7,10,12,22H,8-9,11,23H2,1H3/b15-4-,22-6?/t12-/m1/s1. The van der Waals surface area contributed by atoms with Crippen LogP contribution in [0.3, 0.4) is 0 Å². The molecule has 0 aliphatic carbocycles. The van der Waals surface area contributed by atoms with E-state index in [4.69, 9.17) is 32.5 Å². The number of nitrogens with one attached hydrogen (secondary N) is 1. The van der Waals surface area contributed by atoms with Gasteiger partial charge in [0, 0.05) is 34.8 Å². The lowest BCUT2D eigenvalue weighted by Gasteiger charge is -2.34. The van der Waals surface area contributed by atoms with Crippen LogP contribution in [0.5, 0.6) is 0 Å². The van der Waals surface area contributed by atoms with Crippen LogP contribution in [0.25, 0.3) is 27.0 Å². The first kappa shape index (κ1) is 18.9. The van der Waals surface area contributed by atoms with Crippen LogP contribution < -0.4 is 10.6 Å². The quantitative estimate of drug-likeness (QED) is 0.626. The predicted octanol–water partition coefficient (Wildman–Crippen LogP) is 4.19. The number of nitrogens with zero attached hydrogens (tertiary/aromatic N) is 3. The molecule has 144 valence electrons. The Morgan fingerprint density at radius 1 is 1.43 bits per heavy atom. The van der Waals surface area contributed by atoms with E-state index in [2.05, 4.69) is 22.9 Å². The number of aromatic nitrogens is 2. The Kier molecular flexibility index (Phi) is 5.30. The molecule has 0 radical (unpaired) electrons. The largest absolute Gasteiger partial charge is 0.397 e. The molecule has 8 heteroatoms. The molecule has 1 atom stereocenters. The lowest BCUT2D eigenvalue weighted by atomic mass is 10.1. The minimum absolute atomic E-state index is 0.216. The Balaban J connectivity index is 1.99. The van der Waals surface area contributed by atoms with Gasteiger partial charge in [-0.25, -0.2) is 4.98 Å². The number of thiophene rings is 1. The summed E-state index contributed by atoms with van der Waals surface area (Å²) in [6.45, 7) is 4.22. The number of fused-ring (bicyclic) bond motifs is 1. The molecule has 3 aromatic heterocycles. The van der Waals surface area contributed by atoms with Gasteiger partial charge in [0.2, 0.25) is 0 Å². The summed E-state index contributed by atoms with van der Waals surface area (Å²) in [4.78, 5) is 12.7. The van der Waals surface area contributed by atoms with Crippen LogP contribution in [0.15, 0.2) is 36.5 Å². The van der Waals surface area contributed by atoms with Gasteiger partial charge in [-0.3, -0.25) is 4.98 Å². The number of halogens is 1. The Morgan fingerprint density at radius 2 is 2.29 bits per heavy atom. The molecule has 1 saturated heterocycles. The van der Waals surface area contributed by atoms with Gasteiger partial charge in [0.25, 0.3) is 0 Å². The van der Waals surface area contributed by atoms with Gasteiger partial charge >= 0.3 is 0 Å². The third-order valence-electron chi connectivity index (χ3n) is 4.75. The second-order valence-electron chi connectivity index (χ2n) is 6.59. The van der Waals surface area contributed by atoms with Crippen molar-refractivity contribution >= 4 is 51.6 Å². The minimum atomic E-state index is 0.216. The summed E-state index contributed by atoms with van der Waals surface area (Å²) in [5.41, 5.74) is 8.92. The predicted molar refractivity (Wildman–Crippen MR) is 116 cm³/mol. The number of ether oxygens (including phenoxy) is 1. The number of hydrogen-bond acceptors (Lipinski definition) is 7. The van der Waals surface area contributed by atoms with Crippen molar-refractivity contribution in [1.29, 1.82) is 5.41 Å². The molecule has 1 aliphatic heterocycles. The van der Waals surface area contributed by atoms with Crippen LogP contribution >= 0.6 is 22.9 Å². The number of anilines is 1. The van der Waals surface area contributed by atoms with Crippen molar-refractivity contribution < 1.29 is 4.74 Å². The van der Waals surface area contributed by atoms with Crippen molar-refractivity contribution in [2.75, 3.05) is 24.7 Å². The lowest BCUT2D eigenvalue weighted by molar-refractivity contribution is 0.0986. The maximum Gasteiger partial charge on any atom is 0.130 e. The molecule has 3 N–H and O–H groups in total. The summed E-state index contributed by atoms with van der Waals surface area (Å²) < 4.78 is 6.32. The van der Waals surface area contributed by atoms with E-state index in [1.165, 1.54) is 17.4 Å². The third-order valence-corrected chi connectivity index (χ3v) is 6.02. The fourth-order valence-corrected chi connectivity index (χ4v) is 4.47. The van der Waals surface area contributed by atoms with Gasteiger partial charge in [0.15, 0.2) is 0 Å². The van der Waals surface area contributed by atoms with Crippen molar-refractivity contribution in [1.82, 2.24) is 9.97 Å². The average molecular weight is 414 g/mol. The molecule has 0 spiro atoms. The fraction of sp³-hybridized carbons (Fsp3) is 0.250. The van der Waals surface area contributed by atoms with Gasteiger partial charge in [-0.15, -0.1) is 11.3 Å². The average Bonchev–Trinajstić information content (AvgIpc) is 3.13. The van der Waals surface area contributed by atoms with Crippen LogP contribution in [-0.4, -0.2) is 42.0 Å². The molecule has 6 nitrogen and oxygen atoms in total. The summed E-state index contributed by atoms with van der Waals surface area (Å²) in [6, 6.07) is 8.18. The van der Waals surface area contributed by atoms with E-state index in [1.807, 2.05) is 18.2 Å². The topological polar surface area (TPSA) is 88.1 Å². The van der Waals surface area contributed by atoms with Gasteiger partial charge in [-0.2, -0.15) is 0 Å². The third kappa shape index (κ3) is 3.48. The first-order valence-corrected chi connectivity index (χ1v) is 10.1. The molecule has 4 rings (SSSR count). The molecule has 0 amide bonds. The van der Waals surface area contributed by atoms with Crippen LogP contribution in [0.4, 0.5) is 5.82 Å². The number of rotatable bonds is 4. The van der Waals surface area contributed by atoms with E-state index in [1.54, 1.807) is 6.20 Å². The van der Waals surface area contributed by atoms with E-state index in [-0.39, 0.29) is 6.04 Å². The molecule has 0 unspecified atom stereocenters.